The van der Waals surface area contributed by atoms with E-state index in [1.165, 1.54) is 0 Å². The average Bonchev–Trinajstić information content (AvgIpc) is 1.12. The summed E-state index contributed by atoms with van der Waals surface area (Å²) in [6.45, 7) is 0. The first kappa shape index (κ1) is 58.8. The molecule has 0 aromatic rings. The molecule has 0 fully saturated rings. The summed E-state index contributed by atoms with van der Waals surface area (Å²) in [4.78, 5) is 51.3. The zero-order valence-corrected chi connectivity index (χ0v) is 18.2. The average molecular weight is 340 g/mol. The van der Waals surface area contributed by atoms with E-state index in [1.54, 1.807) is 0 Å². The Labute approximate surface area is 174 Å². The summed E-state index contributed by atoms with van der Waals surface area (Å²) in [6.07, 6.45) is 0. The van der Waals surface area contributed by atoms with Crippen molar-refractivity contribution in [1.82, 2.24) is 0 Å². The predicted molar refractivity (Wildman–Crippen MR) is 31.8 cm³/mol. The van der Waals surface area contributed by atoms with Crippen molar-refractivity contribution in [2.24, 2.45) is 0 Å². The largest absolute Gasteiger partial charge is 3.00 e. The van der Waals surface area contributed by atoms with Crippen LogP contribution in [0.5, 0.6) is 0 Å². The first-order chi connectivity index (χ1) is 4.00. The summed E-state index contributed by atoms with van der Waals surface area (Å²) < 4.78 is 17.1. The minimum absolute atomic E-state index is 0. The van der Waals surface area contributed by atoms with Crippen LogP contribution >= 0.6 is 15.6 Å². The van der Waals surface area contributed by atoms with Gasteiger partial charge in [-0.05, 0) is 0 Å². The Kier molecular flexibility index (Phi) is 96.4. The van der Waals surface area contributed by atoms with E-state index in [2.05, 4.69) is 0 Å². The SMILES string of the molecule is O.O.O.O=P([O-])([O-])[O-].O=P([O-])([O-])[O-].[Al+3].[Na+].[Na+].[Na+]. The van der Waals surface area contributed by atoms with Gasteiger partial charge in [-0.2, -0.15) is 15.6 Å². The van der Waals surface area contributed by atoms with Gasteiger partial charge in [-0.25, -0.2) is 0 Å². The molecule has 0 aliphatic rings. The molecule has 0 rings (SSSR count). The molecular weight excluding hydrogens is 334 g/mol. The van der Waals surface area contributed by atoms with E-state index >= 15 is 0 Å². The Hall–Kier alpha value is 3.63. The summed E-state index contributed by atoms with van der Waals surface area (Å²) in [6, 6.07) is 0. The molecule has 0 bridgehead atoms. The van der Waals surface area contributed by atoms with Gasteiger partial charge in [-0.15, -0.1) is 0 Å². The standard InChI is InChI=1S/Al.3Na.2H3O4P.3H2O/c;;;;2*1-5(2,3)4;;;/h;;;;2*(H3,1,2,3,4);3*1H2/q+3;3*+1;;;;;/p-6. The molecule has 0 aliphatic carbocycles. The second kappa shape index (κ2) is 27.9. The molecule has 0 aromatic heterocycles. The number of hydrogen-bond acceptors (Lipinski definition) is 8. The third-order valence-electron chi connectivity index (χ3n) is 0. The Balaban J connectivity index is -0.00000000762. The van der Waals surface area contributed by atoms with Crippen LogP contribution in [0.25, 0.3) is 0 Å². The molecule has 11 nitrogen and oxygen atoms in total. The molecular formula is H6AlNa3O11P2. The molecule has 17 heteroatoms. The van der Waals surface area contributed by atoms with Gasteiger partial charge in [-0.3, -0.25) is 0 Å². The molecule has 88 valence electrons. The zero-order chi connectivity index (χ0) is 9.00. The van der Waals surface area contributed by atoms with Crippen LogP contribution in [0.3, 0.4) is 0 Å². The van der Waals surface area contributed by atoms with Crippen molar-refractivity contribution in [3.8, 4) is 0 Å². The summed E-state index contributed by atoms with van der Waals surface area (Å²) in [7, 11) is -10.8. The Bertz CT molecular complexity index is 137. The van der Waals surface area contributed by atoms with E-state index in [0.717, 1.165) is 0 Å². The van der Waals surface area contributed by atoms with E-state index in [0.29, 0.717) is 0 Å². The minimum Gasteiger partial charge on any atom is -0.822 e. The molecule has 0 radical (unpaired) electrons. The van der Waals surface area contributed by atoms with Crippen molar-refractivity contribution >= 4 is 33.0 Å². The molecule has 0 saturated heterocycles. The van der Waals surface area contributed by atoms with Crippen LogP contribution in [0.2, 0.25) is 0 Å². The van der Waals surface area contributed by atoms with Crippen molar-refractivity contribution < 1.29 is 144 Å². The smallest absolute Gasteiger partial charge is 0.822 e. The van der Waals surface area contributed by atoms with Gasteiger partial charge in [0.05, 0.1) is 0 Å². The van der Waals surface area contributed by atoms with Crippen LogP contribution in [0.15, 0.2) is 0 Å². The van der Waals surface area contributed by atoms with Gasteiger partial charge >= 0.3 is 106 Å². The third kappa shape index (κ3) is 463. The fourth-order valence-electron chi connectivity index (χ4n) is 0. The maximum Gasteiger partial charge on any atom is 3.00 e. The number of phosphoric acid groups is 2. The minimum atomic E-state index is -5.39. The number of rotatable bonds is 0. The van der Waals surface area contributed by atoms with Gasteiger partial charge < -0.3 is 54.9 Å². The molecule has 0 spiro atoms. The van der Waals surface area contributed by atoms with E-state index < -0.39 is 15.6 Å². The van der Waals surface area contributed by atoms with Crippen molar-refractivity contribution in [2.75, 3.05) is 0 Å². The summed E-state index contributed by atoms with van der Waals surface area (Å²) in [5.41, 5.74) is 0. The van der Waals surface area contributed by atoms with Crippen LogP contribution < -0.4 is 118 Å². The Morgan fingerprint density at radius 3 is 0.529 bits per heavy atom. The van der Waals surface area contributed by atoms with Gasteiger partial charge in [0.25, 0.3) is 0 Å². The molecule has 0 aliphatic heterocycles. The molecule has 6 N–H and O–H groups in total. The molecule has 0 aromatic carbocycles. The quantitative estimate of drug-likeness (QED) is 0.300. The van der Waals surface area contributed by atoms with Crippen molar-refractivity contribution in [3.05, 3.63) is 0 Å². The maximum atomic E-state index is 8.55. The molecule has 17 heavy (non-hydrogen) atoms. The van der Waals surface area contributed by atoms with Gasteiger partial charge in [0.15, 0.2) is 0 Å². The fraction of sp³-hybridized carbons (Fsp3) is 0. The van der Waals surface area contributed by atoms with Gasteiger partial charge in [0.1, 0.15) is 0 Å². The van der Waals surface area contributed by atoms with Gasteiger partial charge in [0.2, 0.25) is 0 Å². The Morgan fingerprint density at radius 1 is 0.529 bits per heavy atom. The molecule has 0 saturated carbocycles. The van der Waals surface area contributed by atoms with E-state index in [4.69, 9.17) is 38.5 Å². The maximum absolute atomic E-state index is 8.55. The predicted octanol–water partition coefficient (Wildman–Crippen LogP) is -17.5. The van der Waals surface area contributed by atoms with Crippen LogP contribution in [-0.2, 0) is 9.13 Å². The van der Waals surface area contributed by atoms with Crippen molar-refractivity contribution in [2.45, 2.75) is 0 Å². The van der Waals surface area contributed by atoms with Crippen LogP contribution in [0.4, 0.5) is 0 Å². The molecule has 0 heterocycles. The van der Waals surface area contributed by atoms with E-state index in [1.807, 2.05) is 0 Å². The molecule has 0 unspecified atom stereocenters. The monoisotopic (exact) mass is 340 g/mol. The van der Waals surface area contributed by atoms with Crippen molar-refractivity contribution in [3.63, 3.8) is 0 Å². The first-order valence-corrected chi connectivity index (χ1v) is 4.38. The zero-order valence-electron chi connectivity index (χ0n) is 9.24. The van der Waals surface area contributed by atoms with Gasteiger partial charge in [0, 0.05) is 0 Å². The van der Waals surface area contributed by atoms with Crippen molar-refractivity contribution in [1.29, 1.82) is 0 Å². The van der Waals surface area contributed by atoms with Crippen LogP contribution in [-0.4, -0.2) is 33.8 Å². The molecule has 0 atom stereocenters. The normalized spacial score (nSPS) is 6.94. The summed E-state index contributed by atoms with van der Waals surface area (Å²) in [5.74, 6) is 0. The first-order valence-electron chi connectivity index (χ1n) is 1.46. The summed E-state index contributed by atoms with van der Waals surface area (Å²) >= 11 is 0. The van der Waals surface area contributed by atoms with Crippen LogP contribution in [0, 0.1) is 0 Å². The second-order valence-electron chi connectivity index (χ2n) is 0.894. The summed E-state index contributed by atoms with van der Waals surface area (Å²) in [5, 5.41) is 0. The van der Waals surface area contributed by atoms with Gasteiger partial charge in [-0.1, -0.05) is 0 Å². The topological polar surface area (TPSA) is 267 Å². The van der Waals surface area contributed by atoms with E-state index in [9.17, 15) is 0 Å². The third-order valence-corrected chi connectivity index (χ3v) is 0. The fourth-order valence-corrected chi connectivity index (χ4v) is 0. The van der Waals surface area contributed by atoms with Crippen LogP contribution in [0.1, 0.15) is 0 Å². The second-order valence-corrected chi connectivity index (χ2v) is 2.68. The number of hydrogen-bond donors (Lipinski definition) is 0. The Morgan fingerprint density at radius 2 is 0.529 bits per heavy atom. The van der Waals surface area contributed by atoms with E-state index in [-0.39, 0.29) is 122 Å². The molecule has 0 amide bonds.